The Morgan fingerprint density at radius 3 is 2.94 bits per heavy atom. The number of anilines is 1. The van der Waals surface area contributed by atoms with E-state index in [1.54, 1.807) is 20.5 Å². The zero-order valence-electron chi connectivity index (χ0n) is 11.4. The summed E-state index contributed by atoms with van der Waals surface area (Å²) in [5.74, 6) is 0. The van der Waals surface area contributed by atoms with Crippen LogP contribution in [0.5, 0.6) is 0 Å². The molecule has 0 fully saturated rings. The van der Waals surface area contributed by atoms with Crippen LogP contribution in [0.4, 0.5) is 6.01 Å². The Labute approximate surface area is 108 Å². The molecule has 0 bridgehead atoms. The predicted molar refractivity (Wildman–Crippen MR) is 69.7 cm³/mol. The smallest absolute Gasteiger partial charge is 0.294 e. The molecule has 0 aliphatic rings. The number of hydrogen-bond acceptors (Lipinski definition) is 6. The molecule has 2 N–H and O–H groups in total. The minimum absolute atomic E-state index is 0.0106. The van der Waals surface area contributed by atoms with Gasteiger partial charge in [-0.2, -0.15) is 4.98 Å². The number of hydrogen-bond donors (Lipinski definition) is 2. The fraction of sp³-hybridized carbons (Fsp3) is 0.750. The second-order valence-corrected chi connectivity index (χ2v) is 4.01. The van der Waals surface area contributed by atoms with E-state index in [1.165, 1.54) is 0 Å². The van der Waals surface area contributed by atoms with Crippen molar-refractivity contribution in [3.8, 4) is 0 Å². The lowest BCUT2D eigenvalue weighted by Gasteiger charge is -2.13. The summed E-state index contributed by atoms with van der Waals surface area (Å²) in [6.45, 7) is 4.98. The van der Waals surface area contributed by atoms with Gasteiger partial charge in [-0.05, 0) is 13.0 Å². The third kappa shape index (κ3) is 5.48. The van der Waals surface area contributed by atoms with E-state index in [-0.39, 0.29) is 6.10 Å². The fourth-order valence-corrected chi connectivity index (χ4v) is 1.46. The van der Waals surface area contributed by atoms with Crippen molar-refractivity contribution >= 4 is 6.01 Å². The summed E-state index contributed by atoms with van der Waals surface area (Å²) in [4.78, 5) is 4.31. The summed E-state index contributed by atoms with van der Waals surface area (Å²) >= 11 is 0. The van der Waals surface area contributed by atoms with Gasteiger partial charge in [0.15, 0.2) is 0 Å². The van der Waals surface area contributed by atoms with Crippen LogP contribution in [0.15, 0.2) is 10.7 Å². The van der Waals surface area contributed by atoms with Gasteiger partial charge in [-0.25, -0.2) is 0 Å². The van der Waals surface area contributed by atoms with Crippen molar-refractivity contribution in [3.63, 3.8) is 0 Å². The first-order valence-electron chi connectivity index (χ1n) is 6.20. The number of nitrogens with zero attached hydrogens (tertiary/aromatic N) is 1. The van der Waals surface area contributed by atoms with Gasteiger partial charge in [0.25, 0.3) is 6.01 Å². The van der Waals surface area contributed by atoms with Crippen LogP contribution >= 0.6 is 0 Å². The van der Waals surface area contributed by atoms with E-state index in [0.29, 0.717) is 19.2 Å². The molecule has 1 unspecified atom stereocenters. The summed E-state index contributed by atoms with van der Waals surface area (Å²) in [6, 6.07) is 0.515. The number of rotatable bonds is 10. The maximum Gasteiger partial charge on any atom is 0.294 e. The van der Waals surface area contributed by atoms with E-state index < -0.39 is 0 Å². The average Bonchev–Trinajstić information content (AvgIpc) is 2.83. The molecule has 0 aromatic carbocycles. The normalized spacial score (nSPS) is 12.6. The van der Waals surface area contributed by atoms with E-state index in [4.69, 9.17) is 13.9 Å². The van der Waals surface area contributed by atoms with E-state index in [1.807, 2.05) is 0 Å². The predicted octanol–water partition coefficient (Wildman–Crippen LogP) is 1.25. The SMILES string of the molecule is CCCNCc1coc(NCC(COC)OC)n1. The second kappa shape index (κ2) is 8.91. The van der Waals surface area contributed by atoms with Crippen molar-refractivity contribution in [2.75, 3.05) is 39.2 Å². The molecule has 0 aliphatic carbocycles. The van der Waals surface area contributed by atoms with E-state index in [9.17, 15) is 0 Å². The number of methoxy groups -OCH3 is 2. The Balaban J connectivity index is 2.29. The molecular formula is C12H23N3O3. The number of ether oxygens (including phenoxy) is 2. The minimum atomic E-state index is -0.0106. The molecule has 6 nitrogen and oxygen atoms in total. The molecule has 0 radical (unpaired) electrons. The number of aromatic nitrogens is 1. The lowest BCUT2D eigenvalue weighted by atomic mass is 10.4. The molecule has 1 atom stereocenters. The zero-order valence-corrected chi connectivity index (χ0v) is 11.4. The van der Waals surface area contributed by atoms with Crippen LogP contribution in [0.1, 0.15) is 19.0 Å². The van der Waals surface area contributed by atoms with Crippen molar-refractivity contribution in [2.24, 2.45) is 0 Å². The molecule has 104 valence electrons. The van der Waals surface area contributed by atoms with Gasteiger partial charge >= 0.3 is 0 Å². The van der Waals surface area contributed by atoms with E-state index in [2.05, 4.69) is 22.5 Å². The molecular weight excluding hydrogens is 234 g/mol. The van der Waals surface area contributed by atoms with Crippen LogP contribution in [0.25, 0.3) is 0 Å². The molecule has 1 aromatic rings. The van der Waals surface area contributed by atoms with E-state index >= 15 is 0 Å². The van der Waals surface area contributed by atoms with Gasteiger partial charge in [-0.3, -0.25) is 0 Å². The van der Waals surface area contributed by atoms with Crippen LogP contribution in [0, 0.1) is 0 Å². The second-order valence-electron chi connectivity index (χ2n) is 4.01. The number of oxazole rings is 1. The summed E-state index contributed by atoms with van der Waals surface area (Å²) in [5.41, 5.74) is 0.895. The average molecular weight is 257 g/mol. The third-order valence-corrected chi connectivity index (χ3v) is 2.45. The lowest BCUT2D eigenvalue weighted by molar-refractivity contribution is 0.0363. The van der Waals surface area contributed by atoms with Gasteiger partial charge in [-0.15, -0.1) is 0 Å². The Bertz CT molecular complexity index is 317. The van der Waals surface area contributed by atoms with Crippen molar-refractivity contribution in [2.45, 2.75) is 26.0 Å². The molecule has 1 aromatic heterocycles. The van der Waals surface area contributed by atoms with E-state index in [0.717, 1.165) is 25.2 Å². The highest BCUT2D eigenvalue weighted by Crippen LogP contribution is 2.07. The molecule has 0 saturated carbocycles. The van der Waals surface area contributed by atoms with Gasteiger partial charge in [-0.1, -0.05) is 6.92 Å². The Morgan fingerprint density at radius 2 is 2.28 bits per heavy atom. The maximum absolute atomic E-state index is 5.31. The molecule has 0 aliphatic heterocycles. The quantitative estimate of drug-likeness (QED) is 0.615. The fourth-order valence-electron chi connectivity index (χ4n) is 1.46. The monoisotopic (exact) mass is 257 g/mol. The van der Waals surface area contributed by atoms with Crippen LogP contribution in [0.3, 0.4) is 0 Å². The first-order chi connectivity index (χ1) is 8.80. The van der Waals surface area contributed by atoms with Crippen molar-refractivity contribution in [3.05, 3.63) is 12.0 Å². The topological polar surface area (TPSA) is 68.6 Å². The summed E-state index contributed by atoms with van der Waals surface area (Å²) in [5, 5.41) is 6.35. The van der Waals surface area contributed by atoms with Gasteiger partial charge in [0.2, 0.25) is 0 Å². The molecule has 0 saturated heterocycles. The first kappa shape index (κ1) is 14.9. The largest absolute Gasteiger partial charge is 0.432 e. The highest BCUT2D eigenvalue weighted by atomic mass is 16.5. The lowest BCUT2D eigenvalue weighted by Crippen LogP contribution is -2.26. The molecule has 1 rings (SSSR count). The van der Waals surface area contributed by atoms with Crippen molar-refractivity contribution in [1.82, 2.24) is 10.3 Å². The van der Waals surface area contributed by atoms with Gasteiger partial charge < -0.3 is 24.5 Å². The summed E-state index contributed by atoms with van der Waals surface area (Å²) < 4.78 is 15.6. The maximum atomic E-state index is 5.31. The summed E-state index contributed by atoms with van der Waals surface area (Å²) in [7, 11) is 3.30. The van der Waals surface area contributed by atoms with Gasteiger partial charge in [0, 0.05) is 27.3 Å². The molecule has 1 heterocycles. The van der Waals surface area contributed by atoms with Gasteiger partial charge in [0.1, 0.15) is 6.26 Å². The number of nitrogens with one attached hydrogen (secondary N) is 2. The Hall–Kier alpha value is -1.11. The summed E-state index contributed by atoms with van der Waals surface area (Å²) in [6.07, 6.45) is 2.75. The Morgan fingerprint density at radius 1 is 1.44 bits per heavy atom. The molecule has 0 amide bonds. The molecule has 0 spiro atoms. The van der Waals surface area contributed by atoms with Crippen LogP contribution < -0.4 is 10.6 Å². The van der Waals surface area contributed by atoms with Crippen molar-refractivity contribution in [1.29, 1.82) is 0 Å². The Kier molecular flexibility index (Phi) is 7.40. The van der Waals surface area contributed by atoms with Crippen molar-refractivity contribution < 1.29 is 13.9 Å². The third-order valence-electron chi connectivity index (χ3n) is 2.45. The standard InChI is InChI=1S/C12H23N3O3/c1-4-5-13-6-10-8-18-12(15-10)14-7-11(17-3)9-16-2/h8,11,13H,4-7,9H2,1-3H3,(H,14,15). The van der Waals surface area contributed by atoms with Crippen LogP contribution in [-0.2, 0) is 16.0 Å². The zero-order chi connectivity index (χ0) is 13.2. The van der Waals surface area contributed by atoms with Crippen LogP contribution in [0.2, 0.25) is 0 Å². The van der Waals surface area contributed by atoms with Crippen LogP contribution in [-0.4, -0.2) is 45.0 Å². The minimum Gasteiger partial charge on any atom is -0.432 e. The highest BCUT2D eigenvalue weighted by molar-refractivity contribution is 5.21. The first-order valence-corrected chi connectivity index (χ1v) is 6.20. The highest BCUT2D eigenvalue weighted by Gasteiger charge is 2.09. The molecule has 6 heteroatoms. The van der Waals surface area contributed by atoms with Gasteiger partial charge in [0.05, 0.1) is 18.4 Å². The molecule has 18 heavy (non-hydrogen) atoms.